The summed E-state index contributed by atoms with van der Waals surface area (Å²) in [5.74, 6) is 0.911. The van der Waals surface area contributed by atoms with Gasteiger partial charge in [-0.15, -0.1) is 0 Å². The average molecular weight is 312 g/mol. The predicted octanol–water partition coefficient (Wildman–Crippen LogP) is 5.43. The molecule has 1 aromatic carbocycles. The zero-order valence-electron chi connectivity index (χ0n) is 14.5. The van der Waals surface area contributed by atoms with Gasteiger partial charge < -0.3 is 10.1 Å². The van der Waals surface area contributed by atoms with Gasteiger partial charge in [0.1, 0.15) is 5.75 Å². The molecule has 0 amide bonds. The normalized spacial score (nSPS) is 12.8. The minimum Gasteiger partial charge on any atom is -0.491 e. The molecule has 0 saturated heterocycles. The molecule has 0 aromatic heterocycles. The molecule has 1 aromatic rings. The topological polar surface area (TPSA) is 21.3 Å². The van der Waals surface area contributed by atoms with Crippen LogP contribution >= 0.6 is 11.6 Å². The molecule has 0 aliphatic heterocycles. The minimum atomic E-state index is 0.0651. The summed E-state index contributed by atoms with van der Waals surface area (Å²) in [4.78, 5) is 0. The second-order valence-electron chi connectivity index (χ2n) is 7.89. The van der Waals surface area contributed by atoms with Crippen molar-refractivity contribution in [2.45, 2.75) is 73.1 Å². The molecule has 0 aliphatic carbocycles. The van der Waals surface area contributed by atoms with Gasteiger partial charge in [-0.05, 0) is 57.7 Å². The van der Waals surface area contributed by atoms with Crippen LogP contribution in [0.1, 0.15) is 60.5 Å². The first-order chi connectivity index (χ1) is 9.48. The molecule has 3 heteroatoms. The van der Waals surface area contributed by atoms with Crippen molar-refractivity contribution in [1.82, 2.24) is 5.32 Å². The maximum atomic E-state index is 6.13. The van der Waals surface area contributed by atoms with Crippen LogP contribution in [0.15, 0.2) is 18.2 Å². The fraction of sp³-hybridized carbons (Fsp3) is 0.667. The summed E-state index contributed by atoms with van der Waals surface area (Å²) in [7, 11) is 0. The maximum Gasteiger partial charge on any atom is 0.124 e. The van der Waals surface area contributed by atoms with E-state index in [0.717, 1.165) is 29.3 Å². The number of benzene rings is 1. The van der Waals surface area contributed by atoms with E-state index in [1.807, 2.05) is 32.0 Å². The van der Waals surface area contributed by atoms with Gasteiger partial charge in [0.2, 0.25) is 0 Å². The summed E-state index contributed by atoms with van der Waals surface area (Å²) >= 11 is 6.13. The van der Waals surface area contributed by atoms with E-state index in [1.165, 1.54) is 0 Å². The first kappa shape index (κ1) is 18.3. The molecule has 0 radical (unpaired) electrons. The van der Waals surface area contributed by atoms with E-state index < -0.39 is 0 Å². The Morgan fingerprint density at radius 2 is 1.76 bits per heavy atom. The van der Waals surface area contributed by atoms with Crippen molar-refractivity contribution < 1.29 is 4.74 Å². The summed E-state index contributed by atoms with van der Waals surface area (Å²) in [6.07, 6.45) is 1.26. The van der Waals surface area contributed by atoms with Gasteiger partial charge in [-0.3, -0.25) is 0 Å². The molecule has 0 spiro atoms. The molecule has 1 N–H and O–H groups in total. The average Bonchev–Trinajstić information content (AvgIpc) is 2.26. The lowest BCUT2D eigenvalue weighted by Gasteiger charge is -2.33. The smallest absolute Gasteiger partial charge is 0.124 e. The maximum absolute atomic E-state index is 6.13. The molecule has 1 rings (SSSR count). The van der Waals surface area contributed by atoms with E-state index in [1.54, 1.807) is 0 Å². The SMILES string of the molecule is CC(C)Oc1ccc(Cl)cc1CNC(C)(C)CC(C)(C)C. The fourth-order valence-electron chi connectivity index (χ4n) is 2.78. The quantitative estimate of drug-likeness (QED) is 0.756. The van der Waals surface area contributed by atoms with Crippen molar-refractivity contribution in [3.63, 3.8) is 0 Å². The first-order valence-electron chi connectivity index (χ1n) is 7.69. The highest BCUT2D eigenvalue weighted by Gasteiger charge is 2.25. The number of halogens is 1. The van der Waals surface area contributed by atoms with E-state index in [4.69, 9.17) is 16.3 Å². The first-order valence-corrected chi connectivity index (χ1v) is 8.06. The number of ether oxygens (including phenoxy) is 1. The fourth-order valence-corrected chi connectivity index (χ4v) is 2.97. The molecule has 120 valence electrons. The van der Waals surface area contributed by atoms with Crippen molar-refractivity contribution in [3.05, 3.63) is 28.8 Å². The highest BCUT2D eigenvalue weighted by molar-refractivity contribution is 6.30. The Kier molecular flexibility index (Phi) is 6.12. The molecular formula is C18H30ClNO. The number of nitrogens with one attached hydrogen (secondary N) is 1. The summed E-state index contributed by atoms with van der Waals surface area (Å²) in [5.41, 5.74) is 1.47. The third-order valence-electron chi connectivity index (χ3n) is 3.11. The Hall–Kier alpha value is -0.730. The molecule has 0 fully saturated rings. The molecule has 0 aliphatic rings. The zero-order valence-corrected chi connectivity index (χ0v) is 15.3. The van der Waals surface area contributed by atoms with Crippen molar-refractivity contribution in [2.24, 2.45) is 5.41 Å². The van der Waals surface area contributed by atoms with E-state index in [0.29, 0.717) is 5.41 Å². The molecule has 0 saturated carbocycles. The van der Waals surface area contributed by atoms with Gasteiger partial charge in [0.25, 0.3) is 0 Å². The van der Waals surface area contributed by atoms with Crippen LogP contribution in [0.3, 0.4) is 0 Å². The van der Waals surface area contributed by atoms with E-state index >= 15 is 0 Å². The van der Waals surface area contributed by atoms with Crippen LogP contribution in [0.25, 0.3) is 0 Å². The Morgan fingerprint density at radius 1 is 1.14 bits per heavy atom. The molecular weight excluding hydrogens is 282 g/mol. The van der Waals surface area contributed by atoms with E-state index in [-0.39, 0.29) is 11.6 Å². The van der Waals surface area contributed by atoms with Gasteiger partial charge in [-0.2, -0.15) is 0 Å². The molecule has 0 bridgehead atoms. The van der Waals surface area contributed by atoms with Crippen LogP contribution in [-0.2, 0) is 6.54 Å². The zero-order chi connectivity index (χ0) is 16.3. The lowest BCUT2D eigenvalue weighted by molar-refractivity contribution is 0.229. The van der Waals surface area contributed by atoms with Crippen molar-refractivity contribution >= 4 is 11.6 Å². The largest absolute Gasteiger partial charge is 0.491 e. The molecule has 0 heterocycles. The Bertz CT molecular complexity index is 461. The van der Waals surface area contributed by atoms with Crippen LogP contribution in [0.5, 0.6) is 5.75 Å². The highest BCUT2D eigenvalue weighted by atomic mass is 35.5. The van der Waals surface area contributed by atoms with Gasteiger partial charge in [0.15, 0.2) is 0 Å². The molecule has 0 unspecified atom stereocenters. The number of hydrogen-bond acceptors (Lipinski definition) is 2. The van der Waals surface area contributed by atoms with Gasteiger partial charge in [-0.1, -0.05) is 32.4 Å². The Morgan fingerprint density at radius 3 is 2.29 bits per heavy atom. The second-order valence-corrected chi connectivity index (χ2v) is 8.33. The monoisotopic (exact) mass is 311 g/mol. The highest BCUT2D eigenvalue weighted by Crippen LogP contribution is 2.29. The third-order valence-corrected chi connectivity index (χ3v) is 3.35. The third kappa shape index (κ3) is 7.19. The van der Waals surface area contributed by atoms with Gasteiger partial charge in [-0.25, -0.2) is 0 Å². The van der Waals surface area contributed by atoms with Gasteiger partial charge >= 0.3 is 0 Å². The van der Waals surface area contributed by atoms with Crippen LogP contribution in [-0.4, -0.2) is 11.6 Å². The molecule has 21 heavy (non-hydrogen) atoms. The standard InChI is InChI=1S/C18H30ClNO/c1-13(2)21-16-9-8-15(19)10-14(16)11-20-18(6,7)12-17(3,4)5/h8-10,13,20H,11-12H2,1-7H3. The lowest BCUT2D eigenvalue weighted by atomic mass is 9.82. The summed E-state index contributed by atoms with van der Waals surface area (Å²) < 4.78 is 5.87. The van der Waals surface area contributed by atoms with Crippen molar-refractivity contribution in [1.29, 1.82) is 0 Å². The molecule has 2 nitrogen and oxygen atoms in total. The van der Waals surface area contributed by atoms with Crippen LogP contribution in [0.4, 0.5) is 0 Å². The summed E-state index contributed by atoms with van der Waals surface area (Å²) in [6.45, 7) is 16.1. The minimum absolute atomic E-state index is 0.0651. The Labute approximate surface area is 135 Å². The van der Waals surface area contributed by atoms with Crippen LogP contribution in [0.2, 0.25) is 5.02 Å². The molecule has 0 atom stereocenters. The number of rotatable bonds is 6. The van der Waals surface area contributed by atoms with Crippen LogP contribution in [0, 0.1) is 5.41 Å². The van der Waals surface area contributed by atoms with Crippen LogP contribution < -0.4 is 10.1 Å². The van der Waals surface area contributed by atoms with Gasteiger partial charge in [0, 0.05) is 22.7 Å². The van der Waals surface area contributed by atoms with E-state index in [9.17, 15) is 0 Å². The summed E-state index contributed by atoms with van der Waals surface area (Å²) in [6, 6.07) is 5.82. The lowest BCUT2D eigenvalue weighted by Crippen LogP contribution is -2.41. The second kappa shape index (κ2) is 7.02. The summed E-state index contributed by atoms with van der Waals surface area (Å²) in [5, 5.41) is 4.38. The predicted molar refractivity (Wildman–Crippen MR) is 92.2 cm³/mol. The Balaban J connectivity index is 2.80. The number of hydrogen-bond donors (Lipinski definition) is 1. The van der Waals surface area contributed by atoms with E-state index in [2.05, 4.69) is 39.9 Å². The van der Waals surface area contributed by atoms with Gasteiger partial charge in [0.05, 0.1) is 6.10 Å². The van der Waals surface area contributed by atoms with Crippen molar-refractivity contribution in [3.8, 4) is 5.75 Å². The van der Waals surface area contributed by atoms with Crippen molar-refractivity contribution in [2.75, 3.05) is 0 Å².